The van der Waals surface area contributed by atoms with Crippen molar-refractivity contribution in [2.24, 2.45) is 0 Å². The fourth-order valence-corrected chi connectivity index (χ4v) is 7.62. The summed E-state index contributed by atoms with van der Waals surface area (Å²) in [5.74, 6) is -0.842. The number of carbonyl (C=O) groups is 2. The van der Waals surface area contributed by atoms with Crippen molar-refractivity contribution in [1.82, 2.24) is 10.8 Å². The highest BCUT2D eigenvalue weighted by Crippen LogP contribution is 2.47. The zero-order valence-corrected chi connectivity index (χ0v) is 18.9. The smallest absolute Gasteiger partial charge is 0.245 e. The van der Waals surface area contributed by atoms with Crippen molar-refractivity contribution < 1.29 is 23.2 Å². The van der Waals surface area contributed by atoms with Crippen LogP contribution >= 0.6 is 11.3 Å². The fraction of sp³-hybridized carbons (Fsp3) is 0.429. The molecule has 0 aliphatic carbocycles. The molecule has 1 aromatic heterocycles. The lowest BCUT2D eigenvalue weighted by Crippen LogP contribution is -2.43. The molecule has 1 aromatic carbocycles. The number of amides is 2. The Labute approximate surface area is 185 Å². The van der Waals surface area contributed by atoms with E-state index in [1.54, 1.807) is 17.6 Å². The van der Waals surface area contributed by atoms with Gasteiger partial charge in [-0.25, -0.2) is 13.9 Å². The van der Waals surface area contributed by atoms with Crippen LogP contribution in [0.4, 0.5) is 5.69 Å². The number of hydrogen-bond donors (Lipinski definition) is 4. The van der Waals surface area contributed by atoms with Crippen molar-refractivity contribution in [2.75, 3.05) is 24.2 Å². The molecule has 10 heteroatoms. The summed E-state index contributed by atoms with van der Waals surface area (Å²) in [5, 5.41) is 14.8. The van der Waals surface area contributed by atoms with Crippen LogP contribution in [0.25, 0.3) is 10.4 Å². The number of sulfone groups is 1. The first kappa shape index (κ1) is 23.4. The molecule has 1 saturated heterocycles. The van der Waals surface area contributed by atoms with E-state index in [1.165, 1.54) is 11.3 Å². The first-order valence-electron chi connectivity index (χ1n) is 10.2. The van der Waals surface area contributed by atoms with Gasteiger partial charge < -0.3 is 10.6 Å². The second-order valence-corrected chi connectivity index (χ2v) is 11.1. The van der Waals surface area contributed by atoms with E-state index in [-0.39, 0.29) is 24.6 Å². The van der Waals surface area contributed by atoms with Crippen LogP contribution in [0.1, 0.15) is 37.5 Å². The van der Waals surface area contributed by atoms with Crippen molar-refractivity contribution >= 4 is 38.7 Å². The Morgan fingerprint density at radius 3 is 2.68 bits per heavy atom. The van der Waals surface area contributed by atoms with E-state index in [1.807, 2.05) is 31.2 Å². The molecule has 8 nitrogen and oxygen atoms in total. The Hall–Kier alpha value is -2.27. The molecule has 1 aliphatic rings. The van der Waals surface area contributed by atoms with E-state index in [0.29, 0.717) is 36.4 Å². The highest BCUT2D eigenvalue weighted by atomic mass is 32.2. The summed E-state index contributed by atoms with van der Waals surface area (Å²) in [6.07, 6.45) is 1.28. The van der Waals surface area contributed by atoms with E-state index in [9.17, 15) is 18.0 Å². The van der Waals surface area contributed by atoms with Gasteiger partial charge in [0.2, 0.25) is 11.8 Å². The van der Waals surface area contributed by atoms with Crippen LogP contribution in [0.5, 0.6) is 0 Å². The minimum Gasteiger partial charge on any atom is -0.325 e. The van der Waals surface area contributed by atoms with Crippen LogP contribution in [0.2, 0.25) is 0 Å². The predicted molar refractivity (Wildman–Crippen MR) is 121 cm³/mol. The SMILES string of the molecule is CCNCC(=O)Nc1cccc(-c2ccc([C@@]3(CC(=O)NO)CCCCS3(=O)=O)s2)c1. The number of hydroxylamine groups is 1. The van der Waals surface area contributed by atoms with Gasteiger partial charge in [-0.3, -0.25) is 14.8 Å². The van der Waals surface area contributed by atoms with Gasteiger partial charge >= 0.3 is 0 Å². The van der Waals surface area contributed by atoms with E-state index in [4.69, 9.17) is 5.21 Å². The molecule has 2 amide bonds. The highest BCUT2D eigenvalue weighted by molar-refractivity contribution is 7.92. The number of thiophene rings is 1. The summed E-state index contributed by atoms with van der Waals surface area (Å²) >= 11 is 1.32. The molecule has 0 bridgehead atoms. The number of anilines is 1. The molecule has 168 valence electrons. The molecular weight excluding hydrogens is 438 g/mol. The largest absolute Gasteiger partial charge is 0.325 e. The molecule has 0 spiro atoms. The number of likely N-dealkylation sites (N-methyl/N-ethyl adjacent to an activating group) is 1. The normalized spacial score (nSPS) is 20.2. The molecule has 3 rings (SSSR count). The van der Waals surface area contributed by atoms with Crippen molar-refractivity contribution in [3.8, 4) is 10.4 Å². The van der Waals surface area contributed by atoms with Crippen LogP contribution in [0, 0.1) is 0 Å². The third-order valence-electron chi connectivity index (χ3n) is 5.43. The number of hydrogen-bond acceptors (Lipinski definition) is 7. The molecule has 31 heavy (non-hydrogen) atoms. The Balaban J connectivity index is 1.91. The van der Waals surface area contributed by atoms with E-state index < -0.39 is 20.5 Å². The predicted octanol–water partition coefficient (Wildman–Crippen LogP) is 2.65. The second-order valence-electron chi connectivity index (χ2n) is 7.56. The fourth-order valence-electron chi connectivity index (χ4n) is 3.85. The number of benzene rings is 1. The number of carbonyl (C=O) groups excluding carboxylic acids is 2. The molecule has 0 radical (unpaired) electrons. The van der Waals surface area contributed by atoms with Gasteiger partial charge in [0.25, 0.3) is 0 Å². The molecule has 1 fully saturated rings. The van der Waals surface area contributed by atoms with Gasteiger partial charge in [0, 0.05) is 15.4 Å². The Morgan fingerprint density at radius 2 is 1.97 bits per heavy atom. The van der Waals surface area contributed by atoms with Crippen LogP contribution in [0.3, 0.4) is 0 Å². The van der Waals surface area contributed by atoms with Gasteiger partial charge in [-0.1, -0.05) is 25.5 Å². The lowest BCUT2D eigenvalue weighted by molar-refractivity contribution is -0.130. The molecule has 1 aliphatic heterocycles. The van der Waals surface area contributed by atoms with E-state index in [2.05, 4.69) is 10.6 Å². The summed E-state index contributed by atoms with van der Waals surface area (Å²) in [5.41, 5.74) is 3.07. The quantitative estimate of drug-likeness (QED) is 0.351. The molecule has 2 heterocycles. The molecule has 4 N–H and O–H groups in total. The monoisotopic (exact) mass is 465 g/mol. The van der Waals surface area contributed by atoms with Crippen LogP contribution in [0.15, 0.2) is 36.4 Å². The van der Waals surface area contributed by atoms with E-state index in [0.717, 1.165) is 10.4 Å². The molecule has 0 unspecified atom stereocenters. The van der Waals surface area contributed by atoms with Crippen LogP contribution in [-0.2, 0) is 24.2 Å². The molecule has 1 atom stereocenters. The average Bonchev–Trinajstić information content (AvgIpc) is 3.24. The number of rotatable bonds is 8. The molecule has 2 aromatic rings. The van der Waals surface area contributed by atoms with Crippen LogP contribution < -0.4 is 16.1 Å². The maximum atomic E-state index is 13.1. The summed E-state index contributed by atoms with van der Waals surface area (Å²) < 4.78 is 24.8. The standard InChI is InChI=1S/C21H27N3O5S2/c1-2-22-14-20(26)23-16-7-5-6-15(12-16)17-8-9-18(30-17)21(13-19(25)24-27)10-3-4-11-31(21,28)29/h5-9,12,22,27H,2-4,10-11,13-14H2,1H3,(H,23,26)(H,24,25)/t21-/m0/s1. The Kier molecular flexibility index (Phi) is 7.47. The lowest BCUT2D eigenvalue weighted by Gasteiger charge is -2.35. The third kappa shape index (κ3) is 5.15. The van der Waals surface area contributed by atoms with Gasteiger partial charge in [0.1, 0.15) is 4.75 Å². The second kappa shape index (κ2) is 9.90. The summed E-state index contributed by atoms with van der Waals surface area (Å²) in [6, 6.07) is 10.9. The maximum Gasteiger partial charge on any atom is 0.245 e. The summed E-state index contributed by atoms with van der Waals surface area (Å²) in [7, 11) is -3.57. The van der Waals surface area contributed by atoms with Crippen LogP contribution in [-0.4, -0.2) is 44.3 Å². The van der Waals surface area contributed by atoms with Gasteiger partial charge in [-0.2, -0.15) is 0 Å². The zero-order chi connectivity index (χ0) is 22.5. The van der Waals surface area contributed by atoms with E-state index >= 15 is 0 Å². The van der Waals surface area contributed by atoms with Gasteiger partial charge in [-0.05, 0) is 49.2 Å². The van der Waals surface area contributed by atoms with Crippen molar-refractivity contribution in [2.45, 2.75) is 37.4 Å². The minimum atomic E-state index is -3.57. The van der Waals surface area contributed by atoms with Gasteiger partial charge in [0.15, 0.2) is 9.84 Å². The number of nitrogens with one attached hydrogen (secondary N) is 3. The average molecular weight is 466 g/mol. The lowest BCUT2D eigenvalue weighted by atomic mass is 9.94. The topological polar surface area (TPSA) is 125 Å². The van der Waals surface area contributed by atoms with Crippen molar-refractivity contribution in [3.63, 3.8) is 0 Å². The minimum absolute atomic E-state index is 0.0201. The first-order valence-corrected chi connectivity index (χ1v) is 12.6. The van der Waals surface area contributed by atoms with Crippen molar-refractivity contribution in [1.29, 1.82) is 0 Å². The zero-order valence-electron chi connectivity index (χ0n) is 17.3. The highest BCUT2D eigenvalue weighted by Gasteiger charge is 2.49. The molecule has 0 saturated carbocycles. The summed E-state index contributed by atoms with van der Waals surface area (Å²) in [6.45, 7) is 2.84. The molecular formula is C21H27N3O5S2. The Morgan fingerprint density at radius 1 is 1.16 bits per heavy atom. The van der Waals surface area contributed by atoms with Gasteiger partial charge in [-0.15, -0.1) is 11.3 Å². The Bertz CT molecular complexity index is 1050. The van der Waals surface area contributed by atoms with Crippen molar-refractivity contribution in [3.05, 3.63) is 41.3 Å². The maximum absolute atomic E-state index is 13.1. The summed E-state index contributed by atoms with van der Waals surface area (Å²) in [4.78, 5) is 25.4. The first-order chi connectivity index (χ1) is 14.8. The third-order valence-corrected chi connectivity index (χ3v) is 9.48. The van der Waals surface area contributed by atoms with Gasteiger partial charge in [0.05, 0.1) is 18.7 Å².